The van der Waals surface area contributed by atoms with Crippen LogP contribution in [0, 0.1) is 18.6 Å². The van der Waals surface area contributed by atoms with Gasteiger partial charge in [-0.15, -0.1) is 5.10 Å². The second-order valence-corrected chi connectivity index (χ2v) is 5.64. The Morgan fingerprint density at radius 3 is 2.48 bits per heavy atom. The van der Waals surface area contributed by atoms with Crippen LogP contribution in [0.25, 0.3) is 5.69 Å². The van der Waals surface area contributed by atoms with Crippen molar-refractivity contribution in [1.82, 2.24) is 15.0 Å². The quantitative estimate of drug-likeness (QED) is 0.712. The smallest absolute Gasteiger partial charge is 0.340 e. The number of hydrogen-bond acceptors (Lipinski definition) is 5. The predicted molar refractivity (Wildman–Crippen MR) is 91.7 cm³/mol. The fourth-order valence-electron chi connectivity index (χ4n) is 2.29. The second kappa shape index (κ2) is 7.32. The summed E-state index contributed by atoms with van der Waals surface area (Å²) in [6.07, 6.45) is 1.36. The highest BCUT2D eigenvalue weighted by Gasteiger charge is 2.19. The third kappa shape index (κ3) is 3.81. The third-order valence-electron chi connectivity index (χ3n) is 3.73. The van der Waals surface area contributed by atoms with Gasteiger partial charge < -0.3 is 10.1 Å². The number of carbonyl (C=O) groups excluding carboxylic acids is 2. The zero-order chi connectivity index (χ0) is 19.6. The molecule has 0 atom stereocenters. The minimum absolute atomic E-state index is 0.0843. The van der Waals surface area contributed by atoms with Crippen LogP contribution in [0.4, 0.5) is 14.5 Å². The number of rotatable bonds is 4. The van der Waals surface area contributed by atoms with Crippen LogP contribution in [0.1, 0.15) is 26.4 Å². The molecule has 9 heteroatoms. The van der Waals surface area contributed by atoms with Crippen LogP contribution in [-0.4, -0.2) is 34.0 Å². The number of aryl methyl sites for hydroxylation is 1. The molecule has 2 aromatic carbocycles. The molecule has 0 aliphatic carbocycles. The van der Waals surface area contributed by atoms with Crippen LogP contribution < -0.4 is 5.32 Å². The van der Waals surface area contributed by atoms with Gasteiger partial charge in [0.1, 0.15) is 11.6 Å². The van der Waals surface area contributed by atoms with Crippen molar-refractivity contribution in [2.75, 3.05) is 12.4 Å². The van der Waals surface area contributed by atoms with Gasteiger partial charge in [-0.3, -0.25) is 4.79 Å². The van der Waals surface area contributed by atoms with Crippen LogP contribution in [0.3, 0.4) is 0 Å². The lowest BCUT2D eigenvalue weighted by atomic mass is 10.1. The number of carbonyl (C=O) groups is 2. The number of hydrogen-bond donors (Lipinski definition) is 1. The number of nitrogens with one attached hydrogen (secondary N) is 1. The summed E-state index contributed by atoms with van der Waals surface area (Å²) in [5, 5.41) is 9.84. The molecular weight excluding hydrogens is 358 g/mol. The van der Waals surface area contributed by atoms with Gasteiger partial charge in [0.25, 0.3) is 5.91 Å². The first-order valence-electron chi connectivity index (χ1n) is 7.77. The maximum Gasteiger partial charge on any atom is 0.340 e. The Hall–Kier alpha value is -3.62. The minimum atomic E-state index is -1.09. The van der Waals surface area contributed by atoms with Crippen molar-refractivity contribution in [3.05, 3.63) is 71.1 Å². The molecule has 1 heterocycles. The number of methoxy groups -OCH3 is 1. The molecule has 0 aliphatic rings. The van der Waals surface area contributed by atoms with Crippen LogP contribution in [0.5, 0.6) is 0 Å². The first kappa shape index (κ1) is 18.2. The van der Waals surface area contributed by atoms with Crippen LogP contribution in [0.15, 0.2) is 42.6 Å². The first-order valence-corrected chi connectivity index (χ1v) is 7.77. The summed E-state index contributed by atoms with van der Waals surface area (Å²) in [7, 11) is 1.06. The monoisotopic (exact) mass is 372 g/mol. The van der Waals surface area contributed by atoms with Crippen molar-refractivity contribution < 1.29 is 23.1 Å². The highest BCUT2D eigenvalue weighted by atomic mass is 19.1. The van der Waals surface area contributed by atoms with E-state index in [0.29, 0.717) is 11.8 Å². The zero-order valence-corrected chi connectivity index (χ0v) is 14.4. The SMILES string of the molecule is COC(=O)c1cc(NC(=O)c2cn(-c3ccc(C)cc3)nn2)c(F)cc1F. The van der Waals surface area contributed by atoms with Gasteiger partial charge in [0.2, 0.25) is 0 Å². The number of anilines is 1. The fraction of sp³-hybridized carbons (Fsp3) is 0.111. The van der Waals surface area contributed by atoms with Crippen molar-refractivity contribution in [3.63, 3.8) is 0 Å². The van der Waals surface area contributed by atoms with Gasteiger partial charge in [-0.25, -0.2) is 18.3 Å². The molecule has 27 heavy (non-hydrogen) atoms. The van der Waals surface area contributed by atoms with E-state index in [1.54, 1.807) is 12.1 Å². The molecule has 138 valence electrons. The lowest BCUT2D eigenvalue weighted by Crippen LogP contribution is -2.15. The third-order valence-corrected chi connectivity index (χ3v) is 3.73. The van der Waals surface area contributed by atoms with Crippen LogP contribution in [0.2, 0.25) is 0 Å². The van der Waals surface area contributed by atoms with Crippen molar-refractivity contribution in [1.29, 1.82) is 0 Å². The number of aromatic nitrogens is 3. The Bertz CT molecular complexity index is 1020. The Morgan fingerprint density at radius 1 is 1.11 bits per heavy atom. The number of esters is 1. The summed E-state index contributed by atoms with van der Waals surface area (Å²) in [5.74, 6) is -3.90. The Morgan fingerprint density at radius 2 is 1.81 bits per heavy atom. The fourth-order valence-corrected chi connectivity index (χ4v) is 2.29. The van der Waals surface area contributed by atoms with E-state index in [0.717, 1.165) is 18.7 Å². The number of nitrogens with zero attached hydrogens (tertiary/aromatic N) is 3. The lowest BCUT2D eigenvalue weighted by molar-refractivity contribution is 0.0595. The Kier molecular flexibility index (Phi) is 4.93. The summed E-state index contributed by atoms with van der Waals surface area (Å²) in [6, 6.07) is 8.70. The van der Waals surface area contributed by atoms with Gasteiger partial charge in [0.05, 0.1) is 30.2 Å². The standard InChI is InChI=1S/C18H14F2N4O3/c1-10-3-5-11(6-4-10)24-9-16(22-23-24)17(25)21-15-7-12(18(26)27-2)13(19)8-14(15)20/h3-9H,1-2H3,(H,21,25). The minimum Gasteiger partial charge on any atom is -0.465 e. The molecule has 0 spiro atoms. The normalized spacial score (nSPS) is 10.5. The van der Waals surface area contributed by atoms with Gasteiger partial charge in [-0.05, 0) is 25.1 Å². The Labute approximate surface area is 152 Å². The number of ether oxygens (including phenoxy) is 1. The summed E-state index contributed by atoms with van der Waals surface area (Å²) in [6.45, 7) is 1.93. The highest BCUT2D eigenvalue weighted by molar-refractivity contribution is 6.03. The first-order chi connectivity index (χ1) is 12.9. The van der Waals surface area contributed by atoms with Crippen molar-refractivity contribution in [3.8, 4) is 5.69 Å². The van der Waals surface area contributed by atoms with Crippen LogP contribution in [-0.2, 0) is 4.74 Å². The second-order valence-electron chi connectivity index (χ2n) is 5.64. The molecule has 0 fully saturated rings. The van der Waals surface area contributed by atoms with Crippen molar-refractivity contribution in [2.45, 2.75) is 6.92 Å². The van der Waals surface area contributed by atoms with E-state index < -0.39 is 29.1 Å². The molecule has 0 saturated carbocycles. The molecule has 0 saturated heterocycles. The predicted octanol–water partition coefficient (Wildman–Crippen LogP) is 2.89. The molecule has 3 rings (SSSR count). The van der Waals surface area contributed by atoms with E-state index in [2.05, 4.69) is 20.4 Å². The van der Waals surface area contributed by atoms with E-state index >= 15 is 0 Å². The van der Waals surface area contributed by atoms with E-state index in [1.807, 2.05) is 19.1 Å². The Balaban J connectivity index is 1.84. The molecule has 7 nitrogen and oxygen atoms in total. The summed E-state index contributed by atoms with van der Waals surface area (Å²) >= 11 is 0. The maximum atomic E-state index is 13.9. The number of halogens is 2. The van der Waals surface area contributed by atoms with E-state index in [1.165, 1.54) is 10.9 Å². The zero-order valence-electron chi connectivity index (χ0n) is 14.4. The highest BCUT2D eigenvalue weighted by Crippen LogP contribution is 2.21. The van der Waals surface area contributed by atoms with Crippen LogP contribution >= 0.6 is 0 Å². The van der Waals surface area contributed by atoms with E-state index in [4.69, 9.17) is 0 Å². The van der Waals surface area contributed by atoms with E-state index in [-0.39, 0.29) is 11.4 Å². The maximum absolute atomic E-state index is 13.9. The van der Waals surface area contributed by atoms with Crippen molar-refractivity contribution in [2.24, 2.45) is 0 Å². The van der Waals surface area contributed by atoms with Gasteiger partial charge in [-0.2, -0.15) is 0 Å². The summed E-state index contributed by atoms with van der Waals surface area (Å²) in [5.41, 5.74) is 0.779. The van der Waals surface area contributed by atoms with Gasteiger partial charge in [0.15, 0.2) is 5.69 Å². The molecule has 1 amide bonds. The molecule has 1 N–H and O–H groups in total. The number of benzene rings is 2. The average molecular weight is 372 g/mol. The molecular formula is C18H14F2N4O3. The summed E-state index contributed by atoms with van der Waals surface area (Å²) < 4.78 is 33.4. The topological polar surface area (TPSA) is 86.1 Å². The van der Waals surface area contributed by atoms with Gasteiger partial charge in [0, 0.05) is 6.07 Å². The molecule has 1 aromatic heterocycles. The van der Waals surface area contributed by atoms with Crippen molar-refractivity contribution >= 4 is 17.6 Å². The summed E-state index contributed by atoms with van der Waals surface area (Å²) in [4.78, 5) is 23.8. The number of amides is 1. The largest absolute Gasteiger partial charge is 0.465 e. The lowest BCUT2D eigenvalue weighted by Gasteiger charge is -2.08. The molecule has 0 bridgehead atoms. The van der Waals surface area contributed by atoms with Gasteiger partial charge >= 0.3 is 5.97 Å². The van der Waals surface area contributed by atoms with Gasteiger partial charge in [-0.1, -0.05) is 22.9 Å². The molecule has 0 unspecified atom stereocenters. The molecule has 0 aliphatic heterocycles. The molecule has 3 aromatic rings. The molecule has 0 radical (unpaired) electrons. The average Bonchev–Trinajstić information content (AvgIpc) is 3.14. The van der Waals surface area contributed by atoms with E-state index in [9.17, 15) is 18.4 Å².